The quantitative estimate of drug-likeness (QED) is 0.264. The van der Waals surface area contributed by atoms with E-state index in [1.54, 1.807) is 0 Å². The number of halogens is 6. The van der Waals surface area contributed by atoms with Gasteiger partial charge in [-0.1, -0.05) is 11.8 Å². The van der Waals surface area contributed by atoms with E-state index in [4.69, 9.17) is 0 Å². The minimum atomic E-state index is -4.71. The average Bonchev–Trinajstić information content (AvgIpc) is 2.76. The third-order valence-electron chi connectivity index (χ3n) is 4.88. The molecule has 0 atom stereocenters. The molecule has 1 fully saturated rings. The highest BCUT2D eigenvalue weighted by molar-refractivity contribution is 7.99. The Morgan fingerprint density at radius 1 is 1.00 bits per heavy atom. The molecule has 1 aromatic heterocycles. The number of rotatable bonds is 5. The molecule has 14 heteroatoms. The molecule has 1 saturated heterocycles. The van der Waals surface area contributed by atoms with Gasteiger partial charge in [-0.05, 0) is 24.3 Å². The third kappa shape index (κ3) is 6.06. The van der Waals surface area contributed by atoms with Crippen molar-refractivity contribution in [3.8, 4) is 0 Å². The van der Waals surface area contributed by atoms with Crippen molar-refractivity contribution in [3.05, 3.63) is 57.8 Å². The molecule has 1 aliphatic rings. The molecular weight excluding hydrogens is 478 g/mol. The lowest BCUT2D eigenvalue weighted by molar-refractivity contribution is -0.384. The van der Waals surface area contributed by atoms with Crippen molar-refractivity contribution in [1.82, 2.24) is 9.88 Å². The van der Waals surface area contributed by atoms with E-state index in [1.165, 1.54) is 15.9 Å². The van der Waals surface area contributed by atoms with Crippen LogP contribution in [-0.4, -0.2) is 52.6 Å². The second kappa shape index (κ2) is 9.45. The molecule has 0 radical (unpaired) electrons. The molecule has 1 aromatic carbocycles. The number of amides is 1. The van der Waals surface area contributed by atoms with E-state index < -0.39 is 34.1 Å². The maximum absolute atomic E-state index is 12.9. The van der Waals surface area contributed by atoms with Gasteiger partial charge in [0.05, 0.1) is 26.8 Å². The van der Waals surface area contributed by atoms with Crippen LogP contribution in [0.25, 0.3) is 0 Å². The predicted octanol–water partition coefficient (Wildman–Crippen LogP) is 4.47. The predicted molar refractivity (Wildman–Crippen MR) is 107 cm³/mol. The summed E-state index contributed by atoms with van der Waals surface area (Å²) in [6.07, 6.45) is -8.54. The number of thioether (sulfide) groups is 1. The number of carbonyl (C=O) groups excluding carboxylic acids is 1. The second-order valence-electron chi connectivity index (χ2n) is 7.00. The summed E-state index contributed by atoms with van der Waals surface area (Å²) in [5, 5.41) is 11.5. The molecule has 0 N–H and O–H groups in total. The highest BCUT2D eigenvalue weighted by Crippen LogP contribution is 2.37. The van der Waals surface area contributed by atoms with Crippen molar-refractivity contribution >= 4 is 29.0 Å². The zero-order valence-electron chi connectivity index (χ0n) is 16.7. The smallest absolute Gasteiger partial charge is 0.362 e. The number of nitrogens with zero attached hydrogens (tertiary/aromatic N) is 4. The van der Waals surface area contributed by atoms with Crippen molar-refractivity contribution in [1.29, 1.82) is 0 Å². The molecule has 7 nitrogen and oxygen atoms in total. The van der Waals surface area contributed by atoms with Crippen LogP contribution in [0.15, 0.2) is 41.6 Å². The third-order valence-corrected chi connectivity index (χ3v) is 5.81. The number of benzene rings is 1. The number of piperazine rings is 1. The Morgan fingerprint density at radius 2 is 1.61 bits per heavy atom. The standard InChI is InChI=1S/C19H16F6N4O3S/c20-18(21,22)12-1-3-14(15(9-12)29(31)32)27-5-7-28(8-6-27)17(30)11-33-16-4-2-13(10-26-16)19(23,24)25/h1-4,9-10H,5-8,11H2. The van der Waals surface area contributed by atoms with Gasteiger partial charge in [0.1, 0.15) is 5.69 Å². The number of nitro groups is 1. The minimum absolute atomic E-state index is 0.0310. The van der Waals surface area contributed by atoms with Crippen LogP contribution in [0.4, 0.5) is 37.7 Å². The van der Waals surface area contributed by atoms with Gasteiger partial charge in [-0.2, -0.15) is 26.3 Å². The summed E-state index contributed by atoms with van der Waals surface area (Å²) in [7, 11) is 0. The lowest BCUT2D eigenvalue weighted by atomic mass is 10.1. The van der Waals surface area contributed by atoms with E-state index in [-0.39, 0.29) is 48.6 Å². The fourth-order valence-corrected chi connectivity index (χ4v) is 3.92. The van der Waals surface area contributed by atoms with E-state index >= 15 is 0 Å². The largest absolute Gasteiger partial charge is 0.417 e. The monoisotopic (exact) mass is 494 g/mol. The summed E-state index contributed by atoms with van der Waals surface area (Å²) >= 11 is 0.970. The fraction of sp³-hybridized carbons (Fsp3) is 0.368. The van der Waals surface area contributed by atoms with Gasteiger partial charge >= 0.3 is 12.4 Å². The van der Waals surface area contributed by atoms with Crippen LogP contribution in [-0.2, 0) is 17.1 Å². The molecule has 3 rings (SSSR count). The summed E-state index contributed by atoms with van der Waals surface area (Å²) in [4.78, 5) is 29.5. The minimum Gasteiger partial charge on any atom is -0.362 e. The Morgan fingerprint density at radius 3 is 2.12 bits per heavy atom. The van der Waals surface area contributed by atoms with Gasteiger partial charge in [0.25, 0.3) is 5.69 Å². The maximum Gasteiger partial charge on any atom is 0.417 e. The lowest BCUT2D eigenvalue weighted by Gasteiger charge is -2.35. The van der Waals surface area contributed by atoms with Crippen molar-refractivity contribution in [2.75, 3.05) is 36.8 Å². The van der Waals surface area contributed by atoms with Gasteiger partial charge < -0.3 is 9.80 Å². The number of nitro benzene ring substituents is 1. The van der Waals surface area contributed by atoms with Crippen LogP contribution in [0.1, 0.15) is 11.1 Å². The van der Waals surface area contributed by atoms with Crippen molar-refractivity contribution in [3.63, 3.8) is 0 Å². The van der Waals surface area contributed by atoms with Gasteiger partial charge in [-0.25, -0.2) is 4.98 Å². The first-order valence-corrected chi connectivity index (χ1v) is 10.4. The van der Waals surface area contributed by atoms with E-state index in [1.807, 2.05) is 0 Å². The summed E-state index contributed by atoms with van der Waals surface area (Å²) in [6, 6.07) is 4.34. The van der Waals surface area contributed by atoms with Gasteiger partial charge in [0.15, 0.2) is 0 Å². The Bertz CT molecular complexity index is 1020. The highest BCUT2D eigenvalue weighted by atomic mass is 32.2. The number of anilines is 1. The first-order chi connectivity index (χ1) is 15.4. The van der Waals surface area contributed by atoms with Gasteiger partial charge in [0.2, 0.25) is 5.91 Å². The first kappa shape index (κ1) is 24.6. The van der Waals surface area contributed by atoms with Gasteiger partial charge in [-0.15, -0.1) is 0 Å². The van der Waals surface area contributed by atoms with E-state index in [2.05, 4.69) is 4.98 Å². The molecular formula is C19H16F6N4O3S. The first-order valence-electron chi connectivity index (χ1n) is 9.40. The van der Waals surface area contributed by atoms with Crippen LogP contribution >= 0.6 is 11.8 Å². The zero-order chi connectivity index (χ0) is 24.4. The number of pyridine rings is 1. The van der Waals surface area contributed by atoms with E-state index in [0.29, 0.717) is 12.3 Å². The number of aromatic nitrogens is 1. The average molecular weight is 494 g/mol. The Hall–Kier alpha value is -3.03. The normalized spacial score (nSPS) is 15.0. The van der Waals surface area contributed by atoms with Crippen molar-refractivity contribution in [2.24, 2.45) is 0 Å². The van der Waals surface area contributed by atoms with Crippen LogP contribution in [0.5, 0.6) is 0 Å². The molecule has 1 amide bonds. The summed E-state index contributed by atoms with van der Waals surface area (Å²) in [5.74, 6) is -0.373. The Kier molecular flexibility index (Phi) is 7.05. The molecule has 0 saturated carbocycles. The zero-order valence-corrected chi connectivity index (χ0v) is 17.5. The molecule has 0 bridgehead atoms. The summed E-state index contributed by atoms with van der Waals surface area (Å²) in [5.41, 5.74) is -2.66. The molecule has 0 spiro atoms. The molecule has 0 unspecified atom stereocenters. The second-order valence-corrected chi connectivity index (χ2v) is 7.99. The van der Waals surface area contributed by atoms with Crippen molar-refractivity contribution in [2.45, 2.75) is 17.4 Å². The molecule has 33 heavy (non-hydrogen) atoms. The molecule has 2 aromatic rings. The van der Waals surface area contributed by atoms with Crippen LogP contribution in [0, 0.1) is 10.1 Å². The molecule has 2 heterocycles. The van der Waals surface area contributed by atoms with Crippen LogP contribution in [0.3, 0.4) is 0 Å². The Balaban J connectivity index is 1.58. The SMILES string of the molecule is O=C(CSc1ccc(C(F)(F)F)cn1)N1CCN(c2ccc(C(F)(F)F)cc2[N+](=O)[O-])CC1. The molecule has 1 aliphatic heterocycles. The number of alkyl halides is 6. The molecule has 0 aliphatic carbocycles. The van der Waals surface area contributed by atoms with Crippen LogP contribution < -0.4 is 4.90 Å². The van der Waals surface area contributed by atoms with Gasteiger partial charge in [0, 0.05) is 38.4 Å². The summed E-state index contributed by atoms with van der Waals surface area (Å²) < 4.78 is 76.3. The lowest BCUT2D eigenvalue weighted by Crippen LogP contribution is -2.49. The highest BCUT2D eigenvalue weighted by Gasteiger charge is 2.34. The summed E-state index contributed by atoms with van der Waals surface area (Å²) in [6.45, 7) is 0.693. The van der Waals surface area contributed by atoms with Gasteiger partial charge in [-0.3, -0.25) is 14.9 Å². The number of carbonyl (C=O) groups is 1. The van der Waals surface area contributed by atoms with E-state index in [0.717, 1.165) is 30.0 Å². The fourth-order valence-electron chi connectivity index (χ4n) is 3.17. The van der Waals surface area contributed by atoms with E-state index in [9.17, 15) is 41.3 Å². The maximum atomic E-state index is 12.9. The Labute approximate surface area is 187 Å². The number of hydrogen-bond acceptors (Lipinski definition) is 6. The van der Waals surface area contributed by atoms with Crippen molar-refractivity contribution < 1.29 is 36.1 Å². The number of hydrogen-bond donors (Lipinski definition) is 0. The van der Waals surface area contributed by atoms with Crippen LogP contribution in [0.2, 0.25) is 0 Å². The molecule has 178 valence electrons. The topological polar surface area (TPSA) is 79.6 Å².